The van der Waals surface area contributed by atoms with Gasteiger partial charge >= 0.3 is 24.1 Å². The van der Waals surface area contributed by atoms with E-state index in [9.17, 15) is 34.4 Å². The first-order valence-corrected chi connectivity index (χ1v) is 30.9. The Labute approximate surface area is 479 Å². The maximum Gasteiger partial charge on any atom is 0.417 e. The predicted octanol–water partition coefficient (Wildman–Crippen LogP) is 8.02. The molecule has 10 atom stereocenters. The number of fused-ring (bicyclic) bond motifs is 2. The summed E-state index contributed by atoms with van der Waals surface area (Å²) >= 11 is 0. The van der Waals surface area contributed by atoms with Crippen molar-refractivity contribution in [1.82, 2.24) is 25.2 Å². The molecule has 23 heteroatoms. The lowest BCUT2D eigenvalue weighted by molar-refractivity contribution is -0.384. The van der Waals surface area contributed by atoms with Crippen LogP contribution >= 0.6 is 0 Å². The summed E-state index contributed by atoms with van der Waals surface area (Å²) in [4.78, 5) is 76.6. The molecule has 6 N–H and O–H groups in total. The first kappa shape index (κ1) is 66.2. The molecule has 0 spiro atoms. The summed E-state index contributed by atoms with van der Waals surface area (Å²) in [6.07, 6.45) is -0.102. The topological polar surface area (TPSA) is 262 Å². The number of carbonyl (C=O) groups excluding carboxylic acids is 4. The van der Waals surface area contributed by atoms with Crippen LogP contribution in [0.15, 0.2) is 72.8 Å². The number of esters is 2. The van der Waals surface area contributed by atoms with Gasteiger partial charge in [0.1, 0.15) is 42.2 Å². The molecular formula is C58H91N9O13Si. The highest BCUT2D eigenvalue weighted by molar-refractivity contribution is 6.74. The summed E-state index contributed by atoms with van der Waals surface area (Å²) in [5.41, 5.74) is 8.55. The zero-order chi connectivity index (χ0) is 60.1. The van der Waals surface area contributed by atoms with E-state index in [1.165, 1.54) is 24.3 Å². The van der Waals surface area contributed by atoms with Gasteiger partial charge in [0.25, 0.3) is 5.69 Å². The van der Waals surface area contributed by atoms with E-state index in [4.69, 9.17) is 34.0 Å². The molecule has 3 amide bonds. The molecule has 0 radical (unpaired) electrons. The van der Waals surface area contributed by atoms with E-state index in [0.29, 0.717) is 43.0 Å². The van der Waals surface area contributed by atoms with Crippen molar-refractivity contribution in [2.75, 3.05) is 65.1 Å². The lowest BCUT2D eigenvalue weighted by Crippen LogP contribution is -2.44. The Morgan fingerprint density at radius 2 is 1.27 bits per heavy atom. The van der Waals surface area contributed by atoms with Crippen molar-refractivity contribution in [1.29, 1.82) is 0 Å². The van der Waals surface area contributed by atoms with Crippen LogP contribution in [-0.4, -0.2) is 165 Å². The van der Waals surface area contributed by atoms with E-state index in [1.54, 1.807) is 28.3 Å². The van der Waals surface area contributed by atoms with Gasteiger partial charge in [0.2, 0.25) is 0 Å². The van der Waals surface area contributed by atoms with Crippen LogP contribution < -0.4 is 26.4 Å². The molecule has 3 aromatic rings. The van der Waals surface area contributed by atoms with Gasteiger partial charge in [-0.25, -0.2) is 9.59 Å². The van der Waals surface area contributed by atoms with Crippen molar-refractivity contribution in [3.05, 3.63) is 94.0 Å². The fourth-order valence-electron chi connectivity index (χ4n) is 10.2. The average Bonchev–Trinajstić information content (AvgIpc) is 4.32. The number of amides is 3. The van der Waals surface area contributed by atoms with Gasteiger partial charge in [-0.15, -0.1) is 0 Å². The average molecular weight is 1150 g/mol. The van der Waals surface area contributed by atoms with Crippen LogP contribution in [0.3, 0.4) is 0 Å². The first-order chi connectivity index (χ1) is 37.9. The highest BCUT2D eigenvalue weighted by atomic mass is 28.4. The van der Waals surface area contributed by atoms with Crippen molar-refractivity contribution in [2.45, 2.75) is 155 Å². The third kappa shape index (κ3) is 19.5. The quantitative estimate of drug-likeness (QED) is 0.0293. The molecule has 0 aromatic heterocycles. The van der Waals surface area contributed by atoms with Crippen molar-refractivity contribution < 1.29 is 57.5 Å². The second kappa shape index (κ2) is 29.6. The molecule has 450 valence electrons. The van der Waals surface area contributed by atoms with E-state index in [0.717, 1.165) is 43.0 Å². The summed E-state index contributed by atoms with van der Waals surface area (Å²) in [6.45, 7) is 25.9. The Bertz CT molecular complexity index is 2530. The van der Waals surface area contributed by atoms with Gasteiger partial charge in [0.05, 0.1) is 43.1 Å². The molecule has 4 aliphatic heterocycles. The molecule has 81 heavy (non-hydrogen) atoms. The Hall–Kier alpha value is -5.60. The molecule has 4 fully saturated rings. The summed E-state index contributed by atoms with van der Waals surface area (Å²) < 4.78 is 22.6. The number of cyclic esters (lactones) is 2. The second-order valence-electron chi connectivity index (χ2n) is 24.5. The monoisotopic (exact) mass is 1150 g/mol. The van der Waals surface area contributed by atoms with E-state index < -0.39 is 37.5 Å². The van der Waals surface area contributed by atoms with Gasteiger partial charge in [-0.1, -0.05) is 72.7 Å². The summed E-state index contributed by atoms with van der Waals surface area (Å²) in [6, 6.07) is 18.8. The lowest BCUT2D eigenvalue weighted by atomic mass is 9.93. The normalized spacial score (nSPS) is 23.4. The number of likely N-dealkylation sites (N-methyl/N-ethyl adjacent to an activating group) is 2. The minimum atomic E-state index is -2.02. The lowest BCUT2D eigenvalue weighted by Gasteiger charge is -2.37. The first-order valence-electron chi connectivity index (χ1n) is 28.0. The number of benzene rings is 3. The van der Waals surface area contributed by atoms with Crippen molar-refractivity contribution >= 4 is 49.4 Å². The maximum atomic E-state index is 12.7. The van der Waals surface area contributed by atoms with E-state index in [-0.39, 0.29) is 77.2 Å². The number of rotatable bonds is 21. The number of anilines is 2. The number of aliphatic hydroxyl groups excluding tert-OH is 1. The number of ether oxygens (including phenoxy) is 3. The molecule has 7 rings (SSSR count). The van der Waals surface area contributed by atoms with Crippen LogP contribution in [0.2, 0.25) is 18.1 Å². The third-order valence-corrected chi connectivity index (χ3v) is 19.4. The Balaban J connectivity index is 0.000000258. The molecule has 4 heterocycles. The highest BCUT2D eigenvalue weighted by Crippen LogP contribution is 2.42. The summed E-state index contributed by atoms with van der Waals surface area (Å²) in [5, 5.41) is 32.4. The number of nitrogens with two attached hydrogens (primary N) is 1. The molecule has 0 saturated carbocycles. The number of aliphatic hydroxyl groups is 1. The zero-order valence-corrected chi connectivity index (χ0v) is 51.2. The van der Waals surface area contributed by atoms with Crippen LogP contribution in [0.4, 0.5) is 26.7 Å². The highest BCUT2D eigenvalue weighted by Gasteiger charge is 2.58. The number of nitrogens with zero attached hydrogens (tertiary/aromatic N) is 5. The van der Waals surface area contributed by atoms with Crippen molar-refractivity contribution in [3.63, 3.8) is 0 Å². The smallest absolute Gasteiger partial charge is 0.417 e. The largest absolute Gasteiger partial charge is 0.461 e. The predicted molar refractivity (Wildman–Crippen MR) is 312 cm³/mol. The van der Waals surface area contributed by atoms with Crippen LogP contribution in [0, 0.1) is 33.8 Å². The zero-order valence-electron chi connectivity index (χ0n) is 50.2. The van der Waals surface area contributed by atoms with E-state index >= 15 is 0 Å². The number of nitro groups is 1. The molecular weight excluding hydrogens is 1060 g/mol. The number of nitro benzene ring substituents is 1. The number of hydroxylamine groups is 4. The van der Waals surface area contributed by atoms with E-state index in [1.807, 2.05) is 58.3 Å². The van der Waals surface area contributed by atoms with Gasteiger partial charge in [-0.3, -0.25) is 34.7 Å². The van der Waals surface area contributed by atoms with Crippen LogP contribution in [0.25, 0.3) is 0 Å². The van der Waals surface area contributed by atoms with Crippen LogP contribution in [-0.2, 0) is 46.3 Å². The van der Waals surface area contributed by atoms with Gasteiger partial charge in [-0.2, -0.15) is 10.1 Å². The van der Waals surface area contributed by atoms with Crippen molar-refractivity contribution in [3.8, 4) is 5.75 Å². The number of hydrogen-bond acceptors (Lipinski definition) is 18. The number of urea groups is 1. The molecule has 3 aromatic carbocycles. The Morgan fingerprint density at radius 1 is 0.778 bits per heavy atom. The van der Waals surface area contributed by atoms with Crippen molar-refractivity contribution in [2.24, 2.45) is 29.4 Å². The van der Waals surface area contributed by atoms with Gasteiger partial charge in [0.15, 0.2) is 8.32 Å². The van der Waals surface area contributed by atoms with Crippen LogP contribution in [0.5, 0.6) is 5.75 Å². The standard InChI is InChI=1S/C27H35N3O8Si.C23H36N4O5.C8H20N2/c1-17-23-22(16-35-39(5,6)27(2,3)4)38-29(24(23)25(31)36-17)15-18-8-7-9-19(14-18)28-26(32)37-21-12-10-20(11-13-21)30(33)34;1-14(2)9-18(12-26(4)5)25-23(30)24-17-8-6-7-16(10-17)11-27-21-20(19(13-28)32-27)15(3)31-22(21)29;1-7(2)5-8(9)6-10(3)4/h7-14,17,22-24H,15-16H2,1-6H3,(H,28,32);6-8,10,14-15,18-21,28H,9,11-13H2,1-5H3,(H2,24,25,30);7-8H,5-6,9H2,1-4H3/t17-,22-,23+,24-;15-,18+,19-,20+,21-;8-/m001/s1. The maximum absolute atomic E-state index is 12.7. The Kier molecular flexibility index (Phi) is 24.2. The summed E-state index contributed by atoms with van der Waals surface area (Å²) in [7, 11) is 6.07. The minimum Gasteiger partial charge on any atom is -0.461 e. The fourth-order valence-corrected chi connectivity index (χ4v) is 11.3. The molecule has 22 nitrogen and oxygen atoms in total. The van der Waals surface area contributed by atoms with Gasteiger partial charge in [0, 0.05) is 48.7 Å². The summed E-state index contributed by atoms with van der Waals surface area (Å²) in [5.74, 6) is 0.364. The minimum absolute atomic E-state index is 0.0470. The number of non-ortho nitro benzene ring substituents is 1. The molecule has 0 bridgehead atoms. The molecule has 0 aliphatic carbocycles. The number of hydrogen-bond donors (Lipinski definition) is 5. The molecule has 0 unspecified atom stereocenters. The molecule has 4 saturated heterocycles. The Morgan fingerprint density at radius 3 is 1.74 bits per heavy atom. The van der Waals surface area contributed by atoms with E-state index in [2.05, 4.69) is 101 Å². The van der Waals surface area contributed by atoms with Crippen LogP contribution in [0.1, 0.15) is 86.3 Å². The SMILES string of the molecule is CC(C)C[C@@H](N)CN(C)C.CC(C)C[C@H](CN(C)C)NC(=O)Nc1cccc(CN2O[C@@H](CO)[C@H]3[C@H](C)OC(=O)[C@H]32)c1.C[C@@H]1OC(=O)[C@@H]2[C@H]1[C@H](CO[Si](C)(C)C(C)(C)C)ON2Cc1cccc(NC(=O)Oc2ccc([N+](=O)[O-])cc2)c1. The number of nitrogens with one attached hydrogen (secondary N) is 3. The second-order valence-corrected chi connectivity index (χ2v) is 29.3. The van der Waals surface area contributed by atoms with Gasteiger partial charge < -0.3 is 49.9 Å². The molecule has 4 aliphatic rings. The fraction of sp³-hybridized carbons (Fsp3) is 0.621. The number of carbonyl (C=O) groups is 4. The third-order valence-electron chi connectivity index (χ3n) is 14.9. The van der Waals surface area contributed by atoms with Gasteiger partial charge in [-0.05, 0) is 132 Å².